The van der Waals surface area contributed by atoms with Crippen molar-refractivity contribution >= 4 is 43.8 Å². The van der Waals surface area contributed by atoms with Crippen LogP contribution in [0.1, 0.15) is 47.4 Å². The maximum Gasteiger partial charge on any atom is 0.339 e. The molecule has 20 heavy (non-hydrogen) atoms. The fraction of sp³-hybridized carbons (Fsp3) is 0.429. The van der Waals surface area contributed by atoms with Crippen LogP contribution in [0.25, 0.3) is 0 Å². The van der Waals surface area contributed by atoms with Crippen molar-refractivity contribution in [3.63, 3.8) is 0 Å². The van der Waals surface area contributed by atoms with Gasteiger partial charge in [-0.2, -0.15) is 0 Å². The van der Waals surface area contributed by atoms with E-state index >= 15 is 0 Å². The fourth-order valence-corrected chi connectivity index (χ4v) is 2.72. The highest BCUT2D eigenvalue weighted by molar-refractivity contribution is 9.11. The summed E-state index contributed by atoms with van der Waals surface area (Å²) < 4.78 is 11.3. The molecule has 0 aliphatic carbocycles. The van der Waals surface area contributed by atoms with Crippen LogP contribution in [0.15, 0.2) is 21.1 Å². The fourth-order valence-electron chi connectivity index (χ4n) is 1.41. The quantitative estimate of drug-likeness (QED) is 0.658. The summed E-state index contributed by atoms with van der Waals surface area (Å²) in [5.41, 5.74) is 0.621. The summed E-state index contributed by atoms with van der Waals surface area (Å²) in [6, 6.07) is 3.12. The number of hydrogen-bond acceptors (Lipinski definition) is 4. The molecule has 0 fully saturated rings. The van der Waals surface area contributed by atoms with E-state index in [0.29, 0.717) is 33.3 Å². The van der Waals surface area contributed by atoms with Crippen molar-refractivity contribution in [1.29, 1.82) is 0 Å². The molecule has 0 aromatic heterocycles. The Morgan fingerprint density at radius 3 is 1.65 bits per heavy atom. The van der Waals surface area contributed by atoms with Gasteiger partial charge in [0.05, 0.1) is 24.3 Å². The van der Waals surface area contributed by atoms with E-state index in [1.807, 2.05) is 13.8 Å². The molecule has 0 bridgehead atoms. The van der Waals surface area contributed by atoms with E-state index < -0.39 is 11.9 Å². The van der Waals surface area contributed by atoms with Crippen molar-refractivity contribution in [1.82, 2.24) is 0 Å². The molecule has 0 atom stereocenters. The molecule has 0 radical (unpaired) electrons. The first kappa shape index (κ1) is 17.2. The monoisotopic (exact) mass is 406 g/mol. The predicted octanol–water partition coefficient (Wildman–Crippen LogP) is 4.35. The standard InChI is InChI=1S/C14H16Br2O4/c1-3-5-19-13(17)9-7-10(12(16)8-11(9)15)14(18)20-6-4-2/h7-8H,3-6H2,1-2H3. The number of esters is 2. The highest BCUT2D eigenvalue weighted by atomic mass is 79.9. The molecule has 0 aliphatic rings. The number of carbonyl (C=O) groups excluding carboxylic acids is 2. The second kappa shape index (κ2) is 8.42. The molecule has 4 nitrogen and oxygen atoms in total. The summed E-state index contributed by atoms with van der Waals surface area (Å²) >= 11 is 6.59. The van der Waals surface area contributed by atoms with Crippen molar-refractivity contribution in [2.45, 2.75) is 26.7 Å². The number of ether oxygens (including phenoxy) is 2. The number of hydrogen-bond donors (Lipinski definition) is 0. The van der Waals surface area contributed by atoms with Gasteiger partial charge in [0.1, 0.15) is 0 Å². The SMILES string of the molecule is CCCOC(=O)c1cc(C(=O)OCCC)c(Br)cc1Br. The Hall–Kier alpha value is -0.880. The second-order valence-corrected chi connectivity index (χ2v) is 5.79. The van der Waals surface area contributed by atoms with Crippen LogP contribution < -0.4 is 0 Å². The van der Waals surface area contributed by atoms with Gasteiger partial charge in [-0.3, -0.25) is 0 Å². The van der Waals surface area contributed by atoms with Crippen LogP contribution in [0.3, 0.4) is 0 Å². The third-order valence-electron chi connectivity index (χ3n) is 2.37. The van der Waals surface area contributed by atoms with E-state index in [9.17, 15) is 9.59 Å². The van der Waals surface area contributed by atoms with Crippen LogP contribution in [0, 0.1) is 0 Å². The predicted molar refractivity (Wildman–Crippen MR) is 83.0 cm³/mol. The molecule has 0 aliphatic heterocycles. The molecule has 1 aromatic carbocycles. The van der Waals surface area contributed by atoms with Crippen LogP contribution in [-0.4, -0.2) is 25.2 Å². The highest BCUT2D eigenvalue weighted by Crippen LogP contribution is 2.27. The zero-order valence-corrected chi connectivity index (χ0v) is 14.5. The number of rotatable bonds is 6. The number of halogens is 2. The van der Waals surface area contributed by atoms with Gasteiger partial charge in [-0.05, 0) is 56.8 Å². The molecule has 0 heterocycles. The third-order valence-corrected chi connectivity index (χ3v) is 3.68. The smallest absolute Gasteiger partial charge is 0.339 e. The largest absolute Gasteiger partial charge is 0.462 e. The van der Waals surface area contributed by atoms with Gasteiger partial charge in [0, 0.05) is 8.95 Å². The van der Waals surface area contributed by atoms with Crippen molar-refractivity contribution in [2.75, 3.05) is 13.2 Å². The molecule has 0 saturated carbocycles. The van der Waals surface area contributed by atoms with Gasteiger partial charge in [-0.15, -0.1) is 0 Å². The summed E-state index contributed by atoms with van der Waals surface area (Å²) in [7, 11) is 0. The Morgan fingerprint density at radius 1 is 0.900 bits per heavy atom. The van der Waals surface area contributed by atoms with E-state index in [4.69, 9.17) is 9.47 Å². The molecule has 0 spiro atoms. The van der Waals surface area contributed by atoms with Crippen LogP contribution in [0.2, 0.25) is 0 Å². The summed E-state index contributed by atoms with van der Waals surface area (Å²) in [5, 5.41) is 0. The Kier molecular flexibility index (Phi) is 7.23. The molecular formula is C14H16Br2O4. The summed E-state index contributed by atoms with van der Waals surface area (Å²) in [4.78, 5) is 23.8. The molecule has 1 rings (SSSR count). The topological polar surface area (TPSA) is 52.6 Å². The van der Waals surface area contributed by atoms with Gasteiger partial charge in [-0.25, -0.2) is 9.59 Å². The van der Waals surface area contributed by atoms with Gasteiger partial charge in [0.2, 0.25) is 0 Å². The normalized spacial score (nSPS) is 10.2. The van der Waals surface area contributed by atoms with Crippen LogP contribution >= 0.6 is 31.9 Å². The maximum absolute atomic E-state index is 11.9. The average Bonchev–Trinajstić information content (AvgIpc) is 2.42. The van der Waals surface area contributed by atoms with Gasteiger partial charge in [0.25, 0.3) is 0 Å². The Morgan fingerprint density at radius 2 is 1.30 bits per heavy atom. The van der Waals surface area contributed by atoms with E-state index in [1.54, 1.807) is 6.07 Å². The van der Waals surface area contributed by atoms with E-state index in [1.165, 1.54) is 6.07 Å². The van der Waals surface area contributed by atoms with E-state index in [-0.39, 0.29) is 0 Å². The van der Waals surface area contributed by atoms with E-state index in [0.717, 1.165) is 12.8 Å². The average molecular weight is 408 g/mol. The minimum atomic E-state index is -0.462. The molecular weight excluding hydrogens is 392 g/mol. The lowest BCUT2D eigenvalue weighted by molar-refractivity contribution is 0.0502. The molecule has 0 N–H and O–H groups in total. The zero-order chi connectivity index (χ0) is 15.1. The lowest BCUT2D eigenvalue weighted by Crippen LogP contribution is -2.11. The summed E-state index contributed by atoms with van der Waals surface area (Å²) in [5.74, 6) is -0.925. The minimum absolute atomic E-state index is 0.310. The molecule has 1 aromatic rings. The first-order valence-corrected chi connectivity index (χ1v) is 7.93. The van der Waals surface area contributed by atoms with Crippen LogP contribution in [0.5, 0.6) is 0 Å². The Bertz CT molecular complexity index is 459. The van der Waals surface area contributed by atoms with E-state index in [2.05, 4.69) is 31.9 Å². The van der Waals surface area contributed by atoms with Crippen molar-refractivity contribution in [3.05, 3.63) is 32.2 Å². The summed E-state index contributed by atoms with van der Waals surface area (Å²) in [6.45, 7) is 4.52. The van der Waals surface area contributed by atoms with Gasteiger partial charge in [-0.1, -0.05) is 13.8 Å². The zero-order valence-electron chi connectivity index (χ0n) is 11.4. The van der Waals surface area contributed by atoms with Crippen molar-refractivity contribution < 1.29 is 19.1 Å². The number of carbonyl (C=O) groups is 2. The molecule has 110 valence electrons. The lowest BCUT2D eigenvalue weighted by atomic mass is 10.1. The molecule has 6 heteroatoms. The summed E-state index contributed by atoms with van der Waals surface area (Å²) in [6.07, 6.45) is 1.48. The first-order chi connectivity index (χ1) is 9.51. The van der Waals surface area contributed by atoms with Crippen molar-refractivity contribution in [3.8, 4) is 0 Å². The maximum atomic E-state index is 11.9. The molecule has 0 saturated heterocycles. The second-order valence-electron chi connectivity index (χ2n) is 4.08. The van der Waals surface area contributed by atoms with Gasteiger partial charge >= 0.3 is 11.9 Å². The third kappa shape index (κ3) is 4.59. The highest BCUT2D eigenvalue weighted by Gasteiger charge is 2.19. The van der Waals surface area contributed by atoms with Gasteiger partial charge < -0.3 is 9.47 Å². The number of benzene rings is 1. The van der Waals surface area contributed by atoms with Crippen molar-refractivity contribution in [2.24, 2.45) is 0 Å². The minimum Gasteiger partial charge on any atom is -0.462 e. The Labute approximate surface area is 135 Å². The first-order valence-electron chi connectivity index (χ1n) is 6.34. The van der Waals surface area contributed by atoms with Gasteiger partial charge in [0.15, 0.2) is 0 Å². The molecule has 0 unspecified atom stereocenters. The molecule has 0 amide bonds. The van der Waals surface area contributed by atoms with Crippen LogP contribution in [-0.2, 0) is 9.47 Å². The lowest BCUT2D eigenvalue weighted by Gasteiger charge is -2.10. The van der Waals surface area contributed by atoms with Crippen LogP contribution in [0.4, 0.5) is 0 Å². The Balaban J connectivity index is 3.02.